The molecule has 2 aromatic rings. The van der Waals surface area contributed by atoms with Gasteiger partial charge in [0.1, 0.15) is 0 Å². The minimum Gasteiger partial charge on any atom is -0.290 e. The molecule has 2 aromatic heterocycles. The molecule has 0 unspecified atom stereocenters. The minimum atomic E-state index is 0.439. The predicted octanol–water partition coefficient (Wildman–Crippen LogP) is 3.49. The fourth-order valence-electron chi connectivity index (χ4n) is 2.74. The monoisotopic (exact) mass is 273 g/mol. The molecule has 0 amide bonds. The fraction of sp³-hybridized carbons (Fsp3) is 0.467. The van der Waals surface area contributed by atoms with Crippen molar-refractivity contribution in [3.63, 3.8) is 0 Å². The molecule has 1 saturated heterocycles. The van der Waals surface area contributed by atoms with E-state index >= 15 is 0 Å². The Morgan fingerprint density at radius 1 is 1.37 bits per heavy atom. The third-order valence-corrected chi connectivity index (χ3v) is 4.80. The first kappa shape index (κ1) is 12.8. The summed E-state index contributed by atoms with van der Waals surface area (Å²) in [4.78, 5) is 13.0. The van der Waals surface area contributed by atoms with Crippen LogP contribution in [0.15, 0.2) is 23.8 Å². The lowest BCUT2D eigenvalue weighted by molar-refractivity contribution is 0.245. The second-order valence-electron chi connectivity index (χ2n) is 5.24. The summed E-state index contributed by atoms with van der Waals surface area (Å²) in [6.45, 7) is 6.42. The molecule has 0 aliphatic carbocycles. The number of thiophene rings is 1. The van der Waals surface area contributed by atoms with Gasteiger partial charge < -0.3 is 0 Å². The number of hydrogen-bond acceptors (Lipinski definition) is 4. The summed E-state index contributed by atoms with van der Waals surface area (Å²) in [6, 6.07) is 2.64. The number of nitrogens with zero attached hydrogens (tertiary/aromatic N) is 3. The van der Waals surface area contributed by atoms with Crippen molar-refractivity contribution in [3.05, 3.63) is 45.7 Å². The highest BCUT2D eigenvalue weighted by molar-refractivity contribution is 7.10. The Morgan fingerprint density at radius 3 is 3.00 bits per heavy atom. The van der Waals surface area contributed by atoms with Crippen molar-refractivity contribution >= 4 is 11.3 Å². The van der Waals surface area contributed by atoms with Gasteiger partial charge in [-0.2, -0.15) is 0 Å². The molecule has 4 heteroatoms. The molecule has 1 aliphatic rings. The number of hydrogen-bond donors (Lipinski definition) is 0. The van der Waals surface area contributed by atoms with Gasteiger partial charge in [0.05, 0.1) is 17.4 Å². The van der Waals surface area contributed by atoms with Crippen LogP contribution in [0.1, 0.15) is 40.7 Å². The molecular weight excluding hydrogens is 254 g/mol. The molecule has 1 fully saturated rings. The van der Waals surface area contributed by atoms with Crippen LogP contribution in [0.5, 0.6) is 0 Å². The maximum absolute atomic E-state index is 4.66. The summed E-state index contributed by atoms with van der Waals surface area (Å²) in [5.41, 5.74) is 3.55. The Bertz CT molecular complexity index is 564. The van der Waals surface area contributed by atoms with Crippen LogP contribution >= 0.6 is 11.3 Å². The van der Waals surface area contributed by atoms with Crippen LogP contribution in [0, 0.1) is 13.8 Å². The van der Waals surface area contributed by atoms with Crippen molar-refractivity contribution in [2.24, 2.45) is 0 Å². The van der Waals surface area contributed by atoms with Crippen LogP contribution in [0.25, 0.3) is 0 Å². The SMILES string of the molecule is Cc1cncc([C@H]2CCCN2Cc2sccc2C)n1. The van der Waals surface area contributed by atoms with Gasteiger partial charge in [-0.1, -0.05) is 0 Å². The minimum absolute atomic E-state index is 0.439. The Hall–Kier alpha value is -1.26. The molecule has 19 heavy (non-hydrogen) atoms. The molecule has 0 radical (unpaired) electrons. The Balaban J connectivity index is 1.80. The molecule has 0 bridgehead atoms. The number of aromatic nitrogens is 2. The molecule has 100 valence electrons. The van der Waals surface area contributed by atoms with Gasteiger partial charge in [-0.15, -0.1) is 11.3 Å². The van der Waals surface area contributed by atoms with E-state index in [0.29, 0.717) is 6.04 Å². The third-order valence-electron chi connectivity index (χ3n) is 3.79. The van der Waals surface area contributed by atoms with Crippen molar-refractivity contribution in [3.8, 4) is 0 Å². The van der Waals surface area contributed by atoms with Crippen molar-refractivity contribution in [2.75, 3.05) is 6.54 Å². The van der Waals surface area contributed by atoms with E-state index < -0.39 is 0 Å². The van der Waals surface area contributed by atoms with E-state index in [1.807, 2.05) is 30.7 Å². The van der Waals surface area contributed by atoms with Crippen molar-refractivity contribution in [1.29, 1.82) is 0 Å². The van der Waals surface area contributed by atoms with Crippen molar-refractivity contribution < 1.29 is 0 Å². The van der Waals surface area contributed by atoms with E-state index in [9.17, 15) is 0 Å². The number of aryl methyl sites for hydroxylation is 2. The molecule has 0 saturated carbocycles. The first-order chi connectivity index (χ1) is 9.24. The van der Waals surface area contributed by atoms with Gasteiger partial charge >= 0.3 is 0 Å². The van der Waals surface area contributed by atoms with Crippen LogP contribution in [-0.2, 0) is 6.54 Å². The molecular formula is C15H19N3S. The van der Waals surface area contributed by atoms with E-state index in [0.717, 1.165) is 24.5 Å². The van der Waals surface area contributed by atoms with Crippen molar-refractivity contribution in [2.45, 2.75) is 39.3 Å². The number of likely N-dealkylation sites (tertiary alicyclic amines) is 1. The summed E-state index contributed by atoms with van der Waals surface area (Å²) in [5, 5.41) is 2.18. The Kier molecular flexibility index (Phi) is 3.62. The quantitative estimate of drug-likeness (QED) is 0.857. The lowest BCUT2D eigenvalue weighted by atomic mass is 10.1. The molecule has 0 N–H and O–H groups in total. The first-order valence-corrected chi connectivity index (χ1v) is 7.67. The maximum Gasteiger partial charge on any atom is 0.0761 e. The van der Waals surface area contributed by atoms with Crippen LogP contribution in [0.2, 0.25) is 0 Å². The van der Waals surface area contributed by atoms with E-state index in [1.54, 1.807) is 0 Å². The molecule has 1 aliphatic heterocycles. The zero-order chi connectivity index (χ0) is 13.2. The normalized spacial score (nSPS) is 20.0. The van der Waals surface area contributed by atoms with Gasteiger partial charge in [0, 0.05) is 23.8 Å². The third kappa shape index (κ3) is 2.69. The smallest absolute Gasteiger partial charge is 0.0761 e. The predicted molar refractivity (Wildman–Crippen MR) is 78.2 cm³/mol. The zero-order valence-electron chi connectivity index (χ0n) is 11.5. The largest absolute Gasteiger partial charge is 0.290 e. The van der Waals surface area contributed by atoms with Gasteiger partial charge in [-0.25, -0.2) is 0 Å². The highest BCUT2D eigenvalue weighted by Gasteiger charge is 2.27. The van der Waals surface area contributed by atoms with Gasteiger partial charge in [0.15, 0.2) is 0 Å². The second-order valence-corrected chi connectivity index (χ2v) is 6.24. The average Bonchev–Trinajstić information content (AvgIpc) is 3.00. The van der Waals surface area contributed by atoms with E-state index in [1.165, 1.54) is 23.3 Å². The zero-order valence-corrected chi connectivity index (χ0v) is 12.3. The highest BCUT2D eigenvalue weighted by Crippen LogP contribution is 2.33. The summed E-state index contributed by atoms with van der Waals surface area (Å²) in [5.74, 6) is 0. The lowest BCUT2D eigenvalue weighted by Gasteiger charge is -2.23. The fourth-order valence-corrected chi connectivity index (χ4v) is 3.68. The molecule has 0 aromatic carbocycles. The van der Waals surface area contributed by atoms with E-state index in [4.69, 9.17) is 0 Å². The van der Waals surface area contributed by atoms with Gasteiger partial charge in [0.25, 0.3) is 0 Å². The van der Waals surface area contributed by atoms with Crippen LogP contribution in [0.4, 0.5) is 0 Å². The Morgan fingerprint density at radius 2 is 2.26 bits per heavy atom. The highest BCUT2D eigenvalue weighted by atomic mass is 32.1. The number of rotatable bonds is 3. The van der Waals surface area contributed by atoms with Crippen LogP contribution < -0.4 is 0 Å². The average molecular weight is 273 g/mol. The van der Waals surface area contributed by atoms with Gasteiger partial charge in [0.2, 0.25) is 0 Å². The summed E-state index contributed by atoms with van der Waals surface area (Å²) in [7, 11) is 0. The maximum atomic E-state index is 4.66. The summed E-state index contributed by atoms with van der Waals surface area (Å²) in [6.07, 6.45) is 6.21. The summed E-state index contributed by atoms with van der Waals surface area (Å²) < 4.78 is 0. The molecule has 3 heterocycles. The second kappa shape index (κ2) is 5.39. The topological polar surface area (TPSA) is 29.0 Å². The van der Waals surface area contributed by atoms with Gasteiger partial charge in [-0.3, -0.25) is 14.9 Å². The first-order valence-electron chi connectivity index (χ1n) is 6.79. The Labute approximate surface area is 118 Å². The van der Waals surface area contributed by atoms with Crippen LogP contribution in [-0.4, -0.2) is 21.4 Å². The van der Waals surface area contributed by atoms with Crippen molar-refractivity contribution in [1.82, 2.24) is 14.9 Å². The molecule has 0 spiro atoms. The van der Waals surface area contributed by atoms with E-state index in [2.05, 4.69) is 33.2 Å². The van der Waals surface area contributed by atoms with E-state index in [-0.39, 0.29) is 0 Å². The van der Waals surface area contributed by atoms with Gasteiger partial charge in [-0.05, 0) is 50.2 Å². The molecule has 1 atom stereocenters. The standard InChI is InChI=1S/C15H19N3S/c1-11-5-7-19-15(11)10-18-6-3-4-14(18)13-9-16-8-12(2)17-13/h5,7-9,14H,3-4,6,10H2,1-2H3/t14-/m1/s1. The molecule has 3 nitrogen and oxygen atoms in total. The van der Waals surface area contributed by atoms with Crippen LogP contribution in [0.3, 0.4) is 0 Å². The molecule has 3 rings (SSSR count). The summed E-state index contributed by atoms with van der Waals surface area (Å²) >= 11 is 1.86. The lowest BCUT2D eigenvalue weighted by Crippen LogP contribution is -2.23.